The van der Waals surface area contributed by atoms with Crippen LogP contribution in [0.5, 0.6) is 0 Å². The molecule has 0 aromatic carbocycles. The van der Waals surface area contributed by atoms with Gasteiger partial charge >= 0.3 is 0 Å². The second kappa shape index (κ2) is 17.3. The Morgan fingerprint density at radius 1 is 0.700 bits per heavy atom. The second-order valence-electron chi connectivity index (χ2n) is 5.95. The fourth-order valence-corrected chi connectivity index (χ4v) is 0.410. The molecule has 0 aromatic rings. The van der Waals surface area contributed by atoms with Crippen molar-refractivity contribution in [1.29, 1.82) is 0 Å². The van der Waals surface area contributed by atoms with E-state index in [0.29, 0.717) is 11.8 Å². The van der Waals surface area contributed by atoms with Crippen molar-refractivity contribution in [1.82, 2.24) is 5.32 Å². The first-order chi connectivity index (χ1) is 8.41. The van der Waals surface area contributed by atoms with Crippen LogP contribution in [0.15, 0.2) is 0 Å². The van der Waals surface area contributed by atoms with E-state index in [1.807, 2.05) is 0 Å². The second-order valence-corrected chi connectivity index (χ2v) is 5.95. The summed E-state index contributed by atoms with van der Waals surface area (Å²) in [4.78, 5) is 21.9. The van der Waals surface area contributed by atoms with Crippen LogP contribution in [0.2, 0.25) is 0 Å². The molecule has 4 heteroatoms. The van der Waals surface area contributed by atoms with Crippen LogP contribution < -0.4 is 5.32 Å². The fourth-order valence-electron chi connectivity index (χ4n) is 0.410. The molecule has 119 valence electrons. The van der Waals surface area contributed by atoms with Gasteiger partial charge in [0.05, 0.1) is 0 Å². The van der Waals surface area contributed by atoms with E-state index in [9.17, 15) is 9.59 Å². The number of hydrogen-bond acceptors (Lipinski definition) is 2. The Balaban J connectivity index is -0.000000119. The first-order valence-electron chi connectivity index (χ1n) is 6.92. The van der Waals surface area contributed by atoms with E-state index in [1.54, 1.807) is 27.7 Å². The summed E-state index contributed by atoms with van der Waals surface area (Å²) in [5, 5.41) is 2.30. The van der Waals surface area contributed by atoms with E-state index >= 15 is 0 Å². The van der Waals surface area contributed by atoms with Gasteiger partial charge in [0.2, 0.25) is 11.8 Å². The summed E-state index contributed by atoms with van der Waals surface area (Å²) in [6, 6.07) is 0. The minimum Gasteiger partial charge on any atom is -0.341 e. The van der Waals surface area contributed by atoms with Crippen LogP contribution >= 0.6 is 0 Å². The van der Waals surface area contributed by atoms with E-state index in [2.05, 4.69) is 46.9 Å². The average Bonchev–Trinajstić information content (AvgIpc) is 2.14. The van der Waals surface area contributed by atoms with E-state index in [4.69, 9.17) is 0 Å². The minimum atomic E-state index is -0.205. The number of rotatable bonds is 2. The number of imide groups is 1. The van der Waals surface area contributed by atoms with Crippen molar-refractivity contribution in [2.75, 3.05) is 0 Å². The third kappa shape index (κ3) is 36.2. The zero-order valence-electron chi connectivity index (χ0n) is 14.6. The maximum absolute atomic E-state index is 10.9. The Labute approximate surface area is 151 Å². The third-order valence-electron chi connectivity index (χ3n) is 1.30. The van der Waals surface area contributed by atoms with Gasteiger partial charge < -0.3 is 13.8 Å². The molecule has 0 saturated heterocycles. The summed E-state index contributed by atoms with van der Waals surface area (Å²) in [6.45, 7) is 22.5. The summed E-state index contributed by atoms with van der Waals surface area (Å²) in [5.74, 6) is 0.503. The van der Waals surface area contributed by atoms with Crippen LogP contribution in [-0.2, 0) is 42.3 Å². The fraction of sp³-hybridized carbons (Fsp3) is 0.750. The molecule has 0 unspecified atom stereocenters. The van der Waals surface area contributed by atoms with E-state index < -0.39 is 0 Å². The first kappa shape index (κ1) is 28.4. The number of nitrogens with one attached hydrogen (secondary N) is 1. The molecule has 3 nitrogen and oxygen atoms in total. The van der Waals surface area contributed by atoms with Crippen molar-refractivity contribution in [3.05, 3.63) is 13.8 Å². The number of amides is 2. The SMILES string of the molecule is CC(C)C(=O)NC(=O)C(C)C.[CH2-]C(C)C.[CH2-]C(C)C.[Y]. The Hall–Kier alpha value is 0.244. The molecule has 1 N–H and O–H groups in total. The molecule has 2 amide bonds. The summed E-state index contributed by atoms with van der Waals surface area (Å²) in [7, 11) is 0. The zero-order valence-corrected chi connectivity index (χ0v) is 17.5. The normalized spacial score (nSPS) is 9.30. The molecule has 0 spiro atoms. The van der Waals surface area contributed by atoms with Gasteiger partial charge in [0.1, 0.15) is 0 Å². The Kier molecular flexibility index (Phi) is 24.6. The smallest absolute Gasteiger partial charge is 0.229 e. The van der Waals surface area contributed by atoms with Crippen molar-refractivity contribution in [3.8, 4) is 0 Å². The van der Waals surface area contributed by atoms with E-state index in [-0.39, 0.29) is 56.4 Å². The van der Waals surface area contributed by atoms with Crippen LogP contribution in [-0.4, -0.2) is 11.8 Å². The average molecular weight is 360 g/mol. The van der Waals surface area contributed by atoms with Gasteiger partial charge in [-0.3, -0.25) is 14.9 Å². The van der Waals surface area contributed by atoms with Crippen molar-refractivity contribution in [2.45, 2.75) is 55.4 Å². The van der Waals surface area contributed by atoms with Gasteiger partial charge in [0.25, 0.3) is 0 Å². The van der Waals surface area contributed by atoms with Crippen LogP contribution in [0, 0.1) is 37.5 Å². The molecule has 0 saturated carbocycles. The number of carbonyl (C=O) groups is 2. The Morgan fingerprint density at radius 2 is 0.850 bits per heavy atom. The van der Waals surface area contributed by atoms with Gasteiger partial charge in [-0.25, -0.2) is 0 Å². The predicted molar refractivity (Wildman–Crippen MR) is 83.2 cm³/mol. The summed E-state index contributed by atoms with van der Waals surface area (Å²) in [6.07, 6.45) is 0. The maximum Gasteiger partial charge on any atom is 0.229 e. The summed E-state index contributed by atoms with van der Waals surface area (Å²) >= 11 is 0. The first-order valence-corrected chi connectivity index (χ1v) is 6.92. The molecule has 0 aromatic heterocycles. The van der Waals surface area contributed by atoms with E-state index in [1.165, 1.54) is 0 Å². The largest absolute Gasteiger partial charge is 0.341 e. The third-order valence-corrected chi connectivity index (χ3v) is 1.30. The molecule has 0 heterocycles. The van der Waals surface area contributed by atoms with Crippen molar-refractivity contribution in [2.24, 2.45) is 23.7 Å². The number of hydrogen-bond donors (Lipinski definition) is 1. The van der Waals surface area contributed by atoms with Gasteiger partial charge in [-0.2, -0.15) is 11.8 Å². The Morgan fingerprint density at radius 3 is 0.950 bits per heavy atom. The molecular weight excluding hydrogens is 327 g/mol. The quantitative estimate of drug-likeness (QED) is 0.760. The molecule has 0 aliphatic heterocycles. The minimum absolute atomic E-state index is 0. The van der Waals surface area contributed by atoms with Crippen LogP contribution in [0.4, 0.5) is 0 Å². The molecule has 0 aliphatic carbocycles. The molecule has 0 bridgehead atoms. The number of carbonyl (C=O) groups excluding carboxylic acids is 2. The summed E-state index contributed by atoms with van der Waals surface area (Å²) < 4.78 is 0. The van der Waals surface area contributed by atoms with E-state index in [0.717, 1.165) is 0 Å². The molecule has 1 radical (unpaired) electrons. The van der Waals surface area contributed by atoms with Gasteiger partial charge in [-0.05, 0) is 0 Å². The molecule has 0 atom stereocenters. The standard InChI is InChI=1S/C8H15NO2.2C4H9.Y/c1-5(2)7(10)9-8(11)6(3)4;2*1-4(2)3;/h5-6H,1-4H3,(H,9,10,11);2*4H,1H2,2-3H3;/q;2*-1;. The maximum atomic E-state index is 10.9. The molecule has 0 aliphatic rings. The van der Waals surface area contributed by atoms with Crippen LogP contribution in [0.1, 0.15) is 55.4 Å². The van der Waals surface area contributed by atoms with Crippen LogP contribution in [0.3, 0.4) is 0 Å². The molecular formula is C16H33NO2Y-2. The van der Waals surface area contributed by atoms with Crippen molar-refractivity contribution < 1.29 is 42.3 Å². The van der Waals surface area contributed by atoms with Crippen LogP contribution in [0.25, 0.3) is 0 Å². The Bertz CT molecular complexity index is 207. The van der Waals surface area contributed by atoms with Gasteiger partial charge in [0, 0.05) is 44.5 Å². The van der Waals surface area contributed by atoms with Gasteiger partial charge in [-0.15, -0.1) is 0 Å². The van der Waals surface area contributed by atoms with Gasteiger partial charge in [-0.1, -0.05) is 55.4 Å². The van der Waals surface area contributed by atoms with Gasteiger partial charge in [0.15, 0.2) is 0 Å². The van der Waals surface area contributed by atoms with Crippen molar-refractivity contribution >= 4 is 11.8 Å². The predicted octanol–water partition coefficient (Wildman–Crippen LogP) is 3.89. The zero-order chi connectivity index (χ0) is 16.2. The monoisotopic (exact) mass is 360 g/mol. The molecule has 20 heavy (non-hydrogen) atoms. The molecule has 0 rings (SSSR count). The topological polar surface area (TPSA) is 46.2 Å². The van der Waals surface area contributed by atoms with Crippen molar-refractivity contribution in [3.63, 3.8) is 0 Å². The summed E-state index contributed by atoms with van der Waals surface area (Å²) in [5.41, 5.74) is 0. The molecule has 0 fully saturated rings.